The van der Waals surface area contributed by atoms with Crippen molar-refractivity contribution in [2.45, 2.75) is 9.79 Å². The summed E-state index contributed by atoms with van der Waals surface area (Å²) in [5, 5.41) is 19.7. The molecule has 0 radical (unpaired) electrons. The normalized spacial score (nSPS) is 10.4. The van der Waals surface area contributed by atoms with Gasteiger partial charge in [-0.1, -0.05) is 11.8 Å². The Morgan fingerprint density at radius 2 is 1.71 bits per heavy atom. The average molecular weight is 311 g/mol. The Morgan fingerprint density at radius 1 is 1.10 bits per heavy atom. The van der Waals surface area contributed by atoms with Gasteiger partial charge in [0.1, 0.15) is 5.56 Å². The zero-order valence-corrected chi connectivity index (χ0v) is 11.1. The summed E-state index contributed by atoms with van der Waals surface area (Å²) < 4.78 is 25.9. The van der Waals surface area contributed by atoms with E-state index in [9.17, 15) is 23.7 Å². The number of nitrogens with zero attached hydrogens (tertiary/aromatic N) is 1. The largest absolute Gasteiger partial charge is 0.477 e. The predicted molar refractivity (Wildman–Crippen MR) is 70.5 cm³/mol. The van der Waals surface area contributed by atoms with E-state index in [4.69, 9.17) is 5.11 Å². The Balaban J connectivity index is 2.36. The fourth-order valence-electron chi connectivity index (χ4n) is 1.59. The quantitative estimate of drug-likeness (QED) is 0.687. The first kappa shape index (κ1) is 14.9. The summed E-state index contributed by atoms with van der Waals surface area (Å²) >= 11 is 0.970. The maximum absolute atomic E-state index is 13.1. The van der Waals surface area contributed by atoms with Crippen LogP contribution in [0.25, 0.3) is 0 Å². The van der Waals surface area contributed by atoms with E-state index in [0.717, 1.165) is 36.0 Å². The third-order valence-corrected chi connectivity index (χ3v) is 3.50. The molecule has 0 aliphatic heterocycles. The SMILES string of the molecule is O=C(O)c1cc(Sc2ccc(F)c(F)c2)ccc1[N+](=O)[O-]. The Bertz CT molecular complexity index is 736. The van der Waals surface area contributed by atoms with E-state index in [1.165, 1.54) is 12.1 Å². The highest BCUT2D eigenvalue weighted by molar-refractivity contribution is 7.99. The van der Waals surface area contributed by atoms with E-state index >= 15 is 0 Å². The van der Waals surface area contributed by atoms with Gasteiger partial charge in [-0.05, 0) is 30.3 Å². The van der Waals surface area contributed by atoms with Crippen molar-refractivity contribution in [3.8, 4) is 0 Å². The van der Waals surface area contributed by atoms with E-state index in [1.54, 1.807) is 0 Å². The van der Waals surface area contributed by atoms with Crippen molar-refractivity contribution in [2.24, 2.45) is 0 Å². The summed E-state index contributed by atoms with van der Waals surface area (Å²) in [6.45, 7) is 0. The number of carboxylic acids is 1. The lowest BCUT2D eigenvalue weighted by Crippen LogP contribution is -2.02. The Labute approximate surface area is 121 Å². The molecular formula is C13H7F2NO4S. The second-order valence-electron chi connectivity index (χ2n) is 3.92. The molecule has 108 valence electrons. The first-order valence-corrected chi connectivity index (χ1v) is 6.35. The first-order chi connectivity index (χ1) is 9.88. The van der Waals surface area contributed by atoms with E-state index in [-0.39, 0.29) is 0 Å². The van der Waals surface area contributed by atoms with Gasteiger partial charge in [0.15, 0.2) is 11.6 Å². The minimum atomic E-state index is -1.44. The molecule has 0 unspecified atom stereocenters. The van der Waals surface area contributed by atoms with Crippen LogP contribution in [-0.2, 0) is 0 Å². The Hall–Kier alpha value is -2.48. The van der Waals surface area contributed by atoms with E-state index < -0.39 is 33.8 Å². The van der Waals surface area contributed by atoms with Crippen molar-refractivity contribution in [2.75, 3.05) is 0 Å². The van der Waals surface area contributed by atoms with Crippen LogP contribution in [0.1, 0.15) is 10.4 Å². The molecule has 0 aliphatic rings. The molecule has 0 spiro atoms. The van der Waals surface area contributed by atoms with Crippen LogP contribution >= 0.6 is 11.8 Å². The topological polar surface area (TPSA) is 80.4 Å². The van der Waals surface area contributed by atoms with E-state index in [0.29, 0.717) is 9.79 Å². The minimum absolute atomic E-state index is 0.346. The monoisotopic (exact) mass is 311 g/mol. The summed E-state index contributed by atoms with van der Waals surface area (Å²) in [5.74, 6) is -3.45. The number of carboxylic acid groups (broad SMARTS) is 1. The number of hydrogen-bond acceptors (Lipinski definition) is 4. The molecule has 1 N–H and O–H groups in total. The fourth-order valence-corrected chi connectivity index (χ4v) is 2.47. The third kappa shape index (κ3) is 3.34. The molecule has 0 fully saturated rings. The van der Waals surface area contributed by atoms with Crippen LogP contribution in [0.4, 0.5) is 14.5 Å². The lowest BCUT2D eigenvalue weighted by Gasteiger charge is -2.04. The van der Waals surface area contributed by atoms with Gasteiger partial charge >= 0.3 is 5.97 Å². The van der Waals surface area contributed by atoms with Gasteiger partial charge in [0.25, 0.3) is 5.69 Å². The fraction of sp³-hybridized carbons (Fsp3) is 0. The van der Waals surface area contributed by atoms with Gasteiger partial charge in [-0.25, -0.2) is 13.6 Å². The predicted octanol–water partition coefficient (Wildman–Crippen LogP) is 3.72. The molecule has 0 aromatic heterocycles. The zero-order chi connectivity index (χ0) is 15.6. The Morgan fingerprint density at radius 3 is 2.29 bits per heavy atom. The van der Waals surface area contributed by atoms with Crippen LogP contribution in [0.15, 0.2) is 46.2 Å². The second kappa shape index (κ2) is 5.88. The summed E-state index contributed by atoms with van der Waals surface area (Å²) in [6, 6.07) is 6.75. The first-order valence-electron chi connectivity index (χ1n) is 5.53. The van der Waals surface area contributed by atoms with E-state index in [1.807, 2.05) is 0 Å². The molecule has 0 heterocycles. The van der Waals surface area contributed by atoms with Crippen LogP contribution in [0.2, 0.25) is 0 Å². The smallest absolute Gasteiger partial charge is 0.342 e. The van der Waals surface area contributed by atoms with Crippen molar-refractivity contribution in [1.29, 1.82) is 0 Å². The number of hydrogen-bond donors (Lipinski definition) is 1. The number of rotatable bonds is 4. The van der Waals surface area contributed by atoms with Gasteiger partial charge in [0.2, 0.25) is 0 Å². The molecule has 5 nitrogen and oxygen atoms in total. The van der Waals surface area contributed by atoms with Gasteiger partial charge in [-0.3, -0.25) is 10.1 Å². The highest BCUT2D eigenvalue weighted by atomic mass is 32.2. The van der Waals surface area contributed by atoms with Crippen LogP contribution in [0.3, 0.4) is 0 Å². The third-order valence-electron chi connectivity index (χ3n) is 2.52. The van der Waals surface area contributed by atoms with E-state index in [2.05, 4.69) is 0 Å². The average Bonchev–Trinajstić information content (AvgIpc) is 2.42. The molecule has 0 aliphatic carbocycles. The molecule has 21 heavy (non-hydrogen) atoms. The number of halogens is 2. The molecule has 2 aromatic carbocycles. The van der Waals surface area contributed by atoms with Crippen LogP contribution < -0.4 is 0 Å². The molecule has 0 amide bonds. The maximum atomic E-state index is 13.1. The molecule has 0 saturated carbocycles. The standard InChI is InChI=1S/C13H7F2NO4S/c14-10-3-1-8(6-11(10)15)21-7-2-4-12(16(19)20)9(5-7)13(17)18/h1-6H,(H,17,18). The van der Waals surface area contributed by atoms with Crippen LogP contribution in [-0.4, -0.2) is 16.0 Å². The number of carbonyl (C=O) groups is 1. The summed E-state index contributed by atoms with van der Waals surface area (Å²) in [7, 11) is 0. The van der Waals surface area contributed by atoms with Crippen molar-refractivity contribution in [3.63, 3.8) is 0 Å². The van der Waals surface area contributed by atoms with Gasteiger partial charge in [0, 0.05) is 15.9 Å². The van der Waals surface area contributed by atoms with Crippen molar-refractivity contribution in [3.05, 3.63) is 63.7 Å². The highest BCUT2D eigenvalue weighted by Gasteiger charge is 2.20. The maximum Gasteiger partial charge on any atom is 0.342 e. The highest BCUT2D eigenvalue weighted by Crippen LogP contribution is 2.32. The molecule has 0 saturated heterocycles. The molecule has 2 aromatic rings. The van der Waals surface area contributed by atoms with Gasteiger partial charge in [-0.2, -0.15) is 0 Å². The molecule has 8 heteroatoms. The second-order valence-corrected chi connectivity index (χ2v) is 5.07. The molecular weight excluding hydrogens is 304 g/mol. The summed E-state index contributed by atoms with van der Waals surface area (Å²) in [4.78, 5) is 21.6. The number of nitro benzene ring substituents is 1. The number of benzene rings is 2. The summed E-state index contributed by atoms with van der Waals surface area (Å²) in [6.07, 6.45) is 0. The van der Waals surface area contributed by atoms with Crippen molar-refractivity contribution < 1.29 is 23.6 Å². The minimum Gasteiger partial charge on any atom is -0.477 e. The van der Waals surface area contributed by atoms with Gasteiger partial charge < -0.3 is 5.11 Å². The van der Waals surface area contributed by atoms with Gasteiger partial charge in [0.05, 0.1) is 4.92 Å². The lowest BCUT2D eigenvalue weighted by molar-refractivity contribution is -0.385. The van der Waals surface area contributed by atoms with Crippen LogP contribution in [0, 0.1) is 21.7 Å². The molecule has 2 rings (SSSR count). The molecule has 0 atom stereocenters. The van der Waals surface area contributed by atoms with Crippen molar-refractivity contribution in [1.82, 2.24) is 0 Å². The van der Waals surface area contributed by atoms with Crippen LogP contribution in [0.5, 0.6) is 0 Å². The van der Waals surface area contributed by atoms with Crippen molar-refractivity contribution >= 4 is 23.4 Å². The number of aromatic carboxylic acids is 1. The Kier molecular flexibility index (Phi) is 4.18. The zero-order valence-electron chi connectivity index (χ0n) is 10.2. The lowest BCUT2D eigenvalue weighted by atomic mass is 10.2. The number of nitro groups is 1. The molecule has 0 bridgehead atoms. The summed E-state index contributed by atoms with van der Waals surface area (Å²) in [5.41, 5.74) is -0.996. The van der Waals surface area contributed by atoms with Gasteiger partial charge in [-0.15, -0.1) is 0 Å².